The fraction of sp³-hybridized carbons (Fsp3) is 0.476. The second kappa shape index (κ2) is 7.66. The lowest BCUT2D eigenvalue weighted by Crippen LogP contribution is -2.41. The molecule has 0 spiro atoms. The van der Waals surface area contributed by atoms with Gasteiger partial charge in [-0.2, -0.15) is 0 Å². The zero-order valence-corrected chi connectivity index (χ0v) is 16.8. The third-order valence-corrected chi connectivity index (χ3v) is 4.95. The maximum absolute atomic E-state index is 12.3. The van der Waals surface area contributed by atoms with Gasteiger partial charge in [-0.3, -0.25) is 9.78 Å². The number of carbonyl (C=O) groups is 2. The average molecular weight is 385 g/mol. The highest BCUT2D eigenvalue weighted by atomic mass is 16.6. The molecule has 0 bridgehead atoms. The number of carbonyl (C=O) groups excluding carboxylic acids is 2. The Kier molecular flexibility index (Phi) is 5.45. The molecule has 7 heteroatoms. The second-order valence-electron chi connectivity index (χ2n) is 8.08. The van der Waals surface area contributed by atoms with Gasteiger partial charge in [0, 0.05) is 24.7 Å². The number of methoxy groups -OCH3 is 1. The number of hydrogen-bond donors (Lipinski definition) is 1. The van der Waals surface area contributed by atoms with Crippen molar-refractivity contribution >= 4 is 22.8 Å². The van der Waals surface area contributed by atoms with Crippen molar-refractivity contribution < 1.29 is 19.1 Å². The fourth-order valence-electron chi connectivity index (χ4n) is 3.60. The summed E-state index contributed by atoms with van der Waals surface area (Å²) in [4.78, 5) is 29.8. The third-order valence-electron chi connectivity index (χ3n) is 4.95. The van der Waals surface area contributed by atoms with Crippen molar-refractivity contribution in [3.63, 3.8) is 0 Å². The van der Waals surface area contributed by atoms with Gasteiger partial charge in [-0.1, -0.05) is 6.07 Å². The van der Waals surface area contributed by atoms with E-state index in [0.717, 1.165) is 29.2 Å². The number of nitrogens with two attached hydrogens (primary N) is 1. The Labute approximate surface area is 164 Å². The standard InChI is InChI=1S/C21H27N3O4/c1-21(2,3)28-20(26)24-9-7-13(8-10-24)14-5-6-18(27-4)16-12-23-17(19(22)25)11-15(14)16/h5-6,11-13H,7-10H2,1-4H3,(H2,22,25). The van der Waals surface area contributed by atoms with Crippen LogP contribution in [0.15, 0.2) is 24.4 Å². The summed E-state index contributed by atoms with van der Waals surface area (Å²) < 4.78 is 10.9. The van der Waals surface area contributed by atoms with E-state index in [9.17, 15) is 9.59 Å². The van der Waals surface area contributed by atoms with E-state index in [-0.39, 0.29) is 17.7 Å². The summed E-state index contributed by atoms with van der Waals surface area (Å²) >= 11 is 0. The number of benzene rings is 1. The number of hydrogen-bond acceptors (Lipinski definition) is 5. The Bertz CT molecular complexity index is 896. The summed E-state index contributed by atoms with van der Waals surface area (Å²) in [7, 11) is 1.61. The van der Waals surface area contributed by atoms with Gasteiger partial charge in [-0.25, -0.2) is 4.79 Å². The molecule has 0 atom stereocenters. The van der Waals surface area contributed by atoms with Crippen LogP contribution >= 0.6 is 0 Å². The predicted octanol–water partition coefficient (Wildman–Crippen LogP) is 3.46. The van der Waals surface area contributed by atoms with Gasteiger partial charge in [0.25, 0.3) is 5.91 Å². The van der Waals surface area contributed by atoms with Crippen LogP contribution in [0.5, 0.6) is 5.75 Å². The molecule has 2 amide bonds. The number of ether oxygens (including phenoxy) is 2. The molecule has 1 fully saturated rings. The van der Waals surface area contributed by atoms with Crippen LogP contribution in [0.2, 0.25) is 0 Å². The van der Waals surface area contributed by atoms with Crippen LogP contribution in [0.25, 0.3) is 10.8 Å². The molecule has 1 saturated heterocycles. The Morgan fingerprint density at radius 2 is 1.86 bits per heavy atom. The molecular formula is C21H27N3O4. The lowest BCUT2D eigenvalue weighted by Gasteiger charge is -2.34. The highest BCUT2D eigenvalue weighted by Gasteiger charge is 2.28. The highest BCUT2D eigenvalue weighted by molar-refractivity contribution is 5.98. The van der Waals surface area contributed by atoms with E-state index in [1.165, 1.54) is 0 Å². The summed E-state index contributed by atoms with van der Waals surface area (Å²) in [5.74, 6) is 0.402. The van der Waals surface area contributed by atoms with Gasteiger partial charge >= 0.3 is 6.09 Å². The van der Waals surface area contributed by atoms with Crippen LogP contribution in [-0.4, -0.2) is 47.7 Å². The molecule has 0 radical (unpaired) electrons. The molecule has 7 nitrogen and oxygen atoms in total. The smallest absolute Gasteiger partial charge is 0.410 e. The van der Waals surface area contributed by atoms with E-state index in [4.69, 9.17) is 15.2 Å². The van der Waals surface area contributed by atoms with Crippen molar-refractivity contribution in [3.05, 3.63) is 35.7 Å². The highest BCUT2D eigenvalue weighted by Crippen LogP contribution is 2.37. The summed E-state index contributed by atoms with van der Waals surface area (Å²) in [6.07, 6.45) is 2.99. The summed E-state index contributed by atoms with van der Waals surface area (Å²) in [5.41, 5.74) is 6.26. The van der Waals surface area contributed by atoms with Crippen molar-refractivity contribution in [3.8, 4) is 5.75 Å². The largest absolute Gasteiger partial charge is 0.496 e. The summed E-state index contributed by atoms with van der Waals surface area (Å²) in [5, 5.41) is 1.76. The van der Waals surface area contributed by atoms with Gasteiger partial charge in [0.2, 0.25) is 0 Å². The number of fused-ring (bicyclic) bond motifs is 1. The van der Waals surface area contributed by atoms with Gasteiger partial charge in [-0.05, 0) is 62.6 Å². The van der Waals surface area contributed by atoms with Crippen LogP contribution in [0.3, 0.4) is 0 Å². The monoisotopic (exact) mass is 385 g/mol. The molecule has 28 heavy (non-hydrogen) atoms. The van der Waals surface area contributed by atoms with Crippen molar-refractivity contribution in [2.75, 3.05) is 20.2 Å². The van der Waals surface area contributed by atoms with Crippen LogP contribution in [0.1, 0.15) is 55.6 Å². The van der Waals surface area contributed by atoms with E-state index in [1.807, 2.05) is 32.9 Å². The fourth-order valence-corrected chi connectivity index (χ4v) is 3.60. The Hall–Kier alpha value is -2.83. The molecule has 2 aromatic rings. The molecule has 0 saturated carbocycles. The van der Waals surface area contributed by atoms with Crippen LogP contribution in [-0.2, 0) is 4.74 Å². The van der Waals surface area contributed by atoms with E-state index < -0.39 is 11.5 Å². The number of aromatic nitrogens is 1. The van der Waals surface area contributed by atoms with Crippen molar-refractivity contribution in [1.82, 2.24) is 9.88 Å². The van der Waals surface area contributed by atoms with Gasteiger partial charge in [0.15, 0.2) is 0 Å². The quantitative estimate of drug-likeness (QED) is 0.873. The second-order valence-corrected chi connectivity index (χ2v) is 8.08. The lowest BCUT2D eigenvalue weighted by molar-refractivity contribution is 0.0205. The van der Waals surface area contributed by atoms with Crippen molar-refractivity contribution in [2.45, 2.75) is 45.1 Å². The maximum Gasteiger partial charge on any atom is 0.410 e. The van der Waals surface area contributed by atoms with Gasteiger partial charge < -0.3 is 20.1 Å². The molecule has 1 aliphatic rings. The SMILES string of the molecule is COc1ccc(C2CCN(C(=O)OC(C)(C)C)CC2)c2cc(C(N)=O)ncc12. The number of piperidine rings is 1. The van der Waals surface area contributed by atoms with Gasteiger partial charge in [-0.15, -0.1) is 0 Å². The Morgan fingerprint density at radius 3 is 2.43 bits per heavy atom. The molecule has 2 N–H and O–H groups in total. The molecule has 2 heterocycles. The van der Waals surface area contributed by atoms with Crippen molar-refractivity contribution in [1.29, 1.82) is 0 Å². The van der Waals surface area contributed by atoms with Crippen LogP contribution in [0.4, 0.5) is 4.79 Å². The number of likely N-dealkylation sites (tertiary alicyclic amines) is 1. The number of amides is 2. The van der Waals surface area contributed by atoms with Crippen molar-refractivity contribution in [2.24, 2.45) is 5.73 Å². The Balaban J connectivity index is 1.85. The van der Waals surface area contributed by atoms with Gasteiger partial charge in [0.05, 0.1) is 7.11 Å². The predicted molar refractivity (Wildman–Crippen MR) is 107 cm³/mol. The maximum atomic E-state index is 12.3. The first-order chi connectivity index (χ1) is 13.2. The zero-order chi connectivity index (χ0) is 20.5. The van der Waals surface area contributed by atoms with E-state index in [0.29, 0.717) is 18.8 Å². The van der Waals surface area contributed by atoms with Crippen LogP contribution < -0.4 is 10.5 Å². The first-order valence-corrected chi connectivity index (χ1v) is 9.44. The minimum atomic E-state index is -0.560. The minimum Gasteiger partial charge on any atom is -0.496 e. The molecule has 1 aliphatic heterocycles. The molecular weight excluding hydrogens is 358 g/mol. The Morgan fingerprint density at radius 1 is 1.18 bits per heavy atom. The summed E-state index contributed by atoms with van der Waals surface area (Å²) in [6.45, 7) is 6.85. The molecule has 0 unspecified atom stereocenters. The number of rotatable bonds is 3. The summed E-state index contributed by atoms with van der Waals surface area (Å²) in [6, 6.07) is 5.68. The number of nitrogens with zero attached hydrogens (tertiary/aromatic N) is 2. The molecule has 150 valence electrons. The zero-order valence-electron chi connectivity index (χ0n) is 16.8. The third kappa shape index (κ3) is 4.18. The lowest BCUT2D eigenvalue weighted by atomic mass is 9.86. The van der Waals surface area contributed by atoms with Gasteiger partial charge in [0.1, 0.15) is 17.0 Å². The minimum absolute atomic E-state index is 0.230. The number of pyridine rings is 1. The van der Waals surface area contributed by atoms with Crippen LogP contribution in [0, 0.1) is 0 Å². The first kappa shape index (κ1) is 19.9. The number of primary amides is 1. The molecule has 1 aromatic heterocycles. The van der Waals surface area contributed by atoms with E-state index in [1.54, 1.807) is 24.3 Å². The topological polar surface area (TPSA) is 94.7 Å². The first-order valence-electron chi connectivity index (χ1n) is 9.44. The molecule has 1 aromatic carbocycles. The normalized spacial score (nSPS) is 15.5. The molecule has 0 aliphatic carbocycles. The van der Waals surface area contributed by atoms with E-state index >= 15 is 0 Å². The average Bonchev–Trinajstić information content (AvgIpc) is 2.65. The van der Waals surface area contributed by atoms with E-state index in [2.05, 4.69) is 4.98 Å². The molecule has 3 rings (SSSR count).